The van der Waals surface area contributed by atoms with Gasteiger partial charge in [-0.25, -0.2) is 0 Å². The lowest BCUT2D eigenvalue weighted by Gasteiger charge is -2.20. The van der Waals surface area contributed by atoms with Gasteiger partial charge >= 0.3 is 5.97 Å². The number of nitrogens with one attached hydrogen (secondary N) is 1. The van der Waals surface area contributed by atoms with E-state index in [4.69, 9.17) is 5.11 Å². The second-order valence-corrected chi connectivity index (χ2v) is 5.29. The van der Waals surface area contributed by atoms with E-state index < -0.39 is 12.0 Å². The van der Waals surface area contributed by atoms with Crippen LogP contribution in [0.4, 0.5) is 0 Å². The third kappa shape index (κ3) is 5.35. The zero-order valence-corrected chi connectivity index (χ0v) is 13.2. The van der Waals surface area contributed by atoms with Crippen LogP contribution < -0.4 is 10.9 Å². The number of hydrogen-bond acceptors (Lipinski definition) is 3. The SMILES string of the molecule is CCC(C(=O)NCCCCCC(=O)O)n1c(C)cccc1=O. The molecule has 0 radical (unpaired) electrons. The van der Waals surface area contributed by atoms with Crippen LogP contribution in [0.25, 0.3) is 0 Å². The highest BCUT2D eigenvalue weighted by Crippen LogP contribution is 2.11. The number of carboxylic acid groups (broad SMARTS) is 1. The number of pyridine rings is 1. The van der Waals surface area contributed by atoms with E-state index in [-0.39, 0.29) is 17.9 Å². The summed E-state index contributed by atoms with van der Waals surface area (Å²) in [5.74, 6) is -0.967. The molecule has 1 rings (SSSR count). The fourth-order valence-electron chi connectivity index (χ4n) is 2.40. The number of rotatable bonds is 9. The summed E-state index contributed by atoms with van der Waals surface area (Å²) >= 11 is 0. The van der Waals surface area contributed by atoms with Crippen LogP contribution in [0.15, 0.2) is 23.0 Å². The number of aliphatic carboxylic acids is 1. The maximum Gasteiger partial charge on any atom is 0.303 e. The van der Waals surface area contributed by atoms with E-state index in [0.717, 1.165) is 18.5 Å². The van der Waals surface area contributed by atoms with Crippen molar-refractivity contribution in [3.8, 4) is 0 Å². The minimum Gasteiger partial charge on any atom is -0.481 e. The molecule has 0 aromatic carbocycles. The van der Waals surface area contributed by atoms with Crippen LogP contribution in [0, 0.1) is 6.92 Å². The average molecular weight is 308 g/mol. The van der Waals surface area contributed by atoms with Gasteiger partial charge in [0.2, 0.25) is 5.91 Å². The largest absolute Gasteiger partial charge is 0.481 e. The Morgan fingerprint density at radius 3 is 2.59 bits per heavy atom. The summed E-state index contributed by atoms with van der Waals surface area (Å²) in [5.41, 5.74) is 0.583. The molecule has 1 heterocycles. The molecule has 0 spiro atoms. The van der Waals surface area contributed by atoms with E-state index in [9.17, 15) is 14.4 Å². The molecule has 0 aliphatic rings. The Morgan fingerprint density at radius 1 is 1.27 bits per heavy atom. The number of carbonyl (C=O) groups excluding carboxylic acids is 1. The van der Waals surface area contributed by atoms with E-state index in [1.54, 1.807) is 6.07 Å². The van der Waals surface area contributed by atoms with Gasteiger partial charge in [0, 0.05) is 24.7 Å². The Morgan fingerprint density at radius 2 is 2.00 bits per heavy atom. The molecule has 1 aromatic heterocycles. The van der Waals surface area contributed by atoms with Crippen LogP contribution in [-0.2, 0) is 9.59 Å². The number of aryl methyl sites for hydroxylation is 1. The quantitative estimate of drug-likeness (QED) is 0.682. The number of nitrogens with zero attached hydrogens (tertiary/aromatic N) is 1. The molecule has 6 heteroatoms. The lowest BCUT2D eigenvalue weighted by Crippen LogP contribution is -2.38. The molecule has 0 saturated heterocycles. The molecule has 2 N–H and O–H groups in total. The van der Waals surface area contributed by atoms with Gasteiger partial charge in [0.05, 0.1) is 0 Å². The van der Waals surface area contributed by atoms with Crippen LogP contribution >= 0.6 is 0 Å². The number of carbonyl (C=O) groups is 2. The van der Waals surface area contributed by atoms with E-state index in [1.807, 2.05) is 19.9 Å². The van der Waals surface area contributed by atoms with Crippen LogP contribution in [0.3, 0.4) is 0 Å². The zero-order valence-electron chi connectivity index (χ0n) is 13.2. The minimum absolute atomic E-state index is 0.157. The van der Waals surface area contributed by atoms with Gasteiger partial charge in [0.15, 0.2) is 0 Å². The monoisotopic (exact) mass is 308 g/mol. The van der Waals surface area contributed by atoms with Crippen molar-refractivity contribution in [1.82, 2.24) is 9.88 Å². The molecule has 6 nitrogen and oxygen atoms in total. The zero-order chi connectivity index (χ0) is 16.5. The smallest absolute Gasteiger partial charge is 0.303 e. The Bertz CT molecular complexity index is 566. The fraction of sp³-hybridized carbons (Fsp3) is 0.562. The molecule has 0 saturated carbocycles. The molecule has 22 heavy (non-hydrogen) atoms. The predicted octanol–water partition coefficient (Wildman–Crippen LogP) is 1.87. The lowest BCUT2D eigenvalue weighted by atomic mass is 10.1. The highest BCUT2D eigenvalue weighted by atomic mass is 16.4. The summed E-state index contributed by atoms with van der Waals surface area (Å²) < 4.78 is 1.51. The van der Waals surface area contributed by atoms with Gasteiger partial charge in [-0.15, -0.1) is 0 Å². The van der Waals surface area contributed by atoms with Crippen molar-refractivity contribution in [1.29, 1.82) is 0 Å². The van der Waals surface area contributed by atoms with E-state index in [2.05, 4.69) is 5.32 Å². The molecule has 1 amide bonds. The van der Waals surface area contributed by atoms with Crippen molar-refractivity contribution in [2.24, 2.45) is 0 Å². The molecule has 0 aliphatic carbocycles. The lowest BCUT2D eigenvalue weighted by molar-refractivity contribution is -0.137. The second-order valence-electron chi connectivity index (χ2n) is 5.29. The van der Waals surface area contributed by atoms with Gasteiger partial charge in [0.1, 0.15) is 6.04 Å². The highest BCUT2D eigenvalue weighted by Gasteiger charge is 2.20. The number of carboxylic acids is 1. The molecular weight excluding hydrogens is 284 g/mol. The van der Waals surface area contributed by atoms with Gasteiger partial charge < -0.3 is 15.0 Å². The minimum atomic E-state index is -0.797. The number of hydrogen-bond donors (Lipinski definition) is 2. The van der Waals surface area contributed by atoms with Gasteiger partial charge in [-0.2, -0.15) is 0 Å². The number of amides is 1. The maximum atomic E-state index is 12.3. The first-order valence-electron chi connectivity index (χ1n) is 7.65. The van der Waals surface area contributed by atoms with Gasteiger partial charge in [-0.1, -0.05) is 19.4 Å². The Labute approximate surface area is 130 Å². The van der Waals surface area contributed by atoms with Gasteiger partial charge in [-0.3, -0.25) is 14.4 Å². The molecular formula is C16H24N2O4. The summed E-state index contributed by atoms with van der Waals surface area (Å²) in [5, 5.41) is 11.4. The molecule has 1 aromatic rings. The molecule has 0 aliphatic heterocycles. The van der Waals surface area contributed by atoms with Crippen molar-refractivity contribution < 1.29 is 14.7 Å². The standard InChI is InChI=1S/C16H24N2O4/c1-3-13(18-12(2)8-7-9-14(18)19)16(22)17-11-6-4-5-10-15(20)21/h7-9,13H,3-6,10-11H2,1-2H3,(H,17,22)(H,20,21). The molecule has 122 valence electrons. The van der Waals surface area contributed by atoms with Crippen LogP contribution in [-0.4, -0.2) is 28.1 Å². The summed E-state index contributed by atoms with van der Waals surface area (Å²) in [7, 11) is 0. The first kappa shape index (κ1) is 17.9. The summed E-state index contributed by atoms with van der Waals surface area (Å²) in [4.78, 5) is 34.6. The Kier molecular flexibility index (Phi) is 7.36. The normalized spacial score (nSPS) is 11.9. The predicted molar refractivity (Wildman–Crippen MR) is 83.9 cm³/mol. The molecule has 0 bridgehead atoms. The summed E-state index contributed by atoms with van der Waals surface area (Å²) in [6.45, 7) is 4.18. The third-order valence-electron chi connectivity index (χ3n) is 3.56. The molecule has 0 fully saturated rings. The van der Waals surface area contributed by atoms with Crippen molar-refractivity contribution in [3.05, 3.63) is 34.2 Å². The summed E-state index contributed by atoms with van der Waals surface area (Å²) in [6, 6.07) is 4.44. The Hall–Kier alpha value is -2.11. The van der Waals surface area contributed by atoms with E-state index in [0.29, 0.717) is 19.4 Å². The van der Waals surface area contributed by atoms with Crippen LogP contribution in [0.2, 0.25) is 0 Å². The second kappa shape index (κ2) is 9.02. The number of unbranched alkanes of at least 4 members (excludes halogenated alkanes) is 2. The summed E-state index contributed by atoms with van der Waals surface area (Å²) in [6.07, 6.45) is 2.80. The van der Waals surface area contributed by atoms with Crippen LogP contribution in [0.1, 0.15) is 50.8 Å². The third-order valence-corrected chi connectivity index (χ3v) is 3.56. The first-order valence-corrected chi connectivity index (χ1v) is 7.65. The Balaban J connectivity index is 2.52. The highest BCUT2D eigenvalue weighted by molar-refractivity contribution is 5.80. The molecule has 1 unspecified atom stereocenters. The van der Waals surface area contributed by atoms with Crippen molar-refractivity contribution in [2.45, 2.75) is 52.0 Å². The van der Waals surface area contributed by atoms with Crippen molar-refractivity contribution >= 4 is 11.9 Å². The molecule has 1 atom stereocenters. The average Bonchev–Trinajstić information content (AvgIpc) is 2.46. The number of aromatic nitrogens is 1. The fourth-order valence-corrected chi connectivity index (χ4v) is 2.40. The van der Waals surface area contributed by atoms with E-state index >= 15 is 0 Å². The maximum absolute atomic E-state index is 12.3. The van der Waals surface area contributed by atoms with Gasteiger partial charge in [0.25, 0.3) is 5.56 Å². The van der Waals surface area contributed by atoms with Crippen LogP contribution in [0.5, 0.6) is 0 Å². The van der Waals surface area contributed by atoms with Crippen molar-refractivity contribution in [2.75, 3.05) is 6.54 Å². The first-order chi connectivity index (χ1) is 10.5. The van der Waals surface area contributed by atoms with Crippen molar-refractivity contribution in [3.63, 3.8) is 0 Å². The topological polar surface area (TPSA) is 88.4 Å². The van der Waals surface area contributed by atoms with E-state index in [1.165, 1.54) is 10.6 Å². The van der Waals surface area contributed by atoms with Gasteiger partial charge in [-0.05, 0) is 32.3 Å².